The van der Waals surface area contributed by atoms with Crippen molar-refractivity contribution in [2.24, 2.45) is 0 Å². The number of aldehydes is 1. The molecule has 0 aromatic heterocycles. The lowest BCUT2D eigenvalue weighted by Crippen LogP contribution is -2.10. The van der Waals surface area contributed by atoms with Crippen LogP contribution in [0.25, 0.3) is 0 Å². The van der Waals surface area contributed by atoms with E-state index in [2.05, 4.69) is 0 Å². The number of ketones is 1. The van der Waals surface area contributed by atoms with Gasteiger partial charge in [0.2, 0.25) is 5.78 Å². The molecule has 3 nitrogen and oxygen atoms in total. The summed E-state index contributed by atoms with van der Waals surface area (Å²) in [7, 11) is 0. The molecule has 0 aliphatic heterocycles. The quantitative estimate of drug-likeness (QED) is 0.122. The van der Waals surface area contributed by atoms with Crippen LogP contribution in [0, 0.1) is 11.6 Å². The summed E-state index contributed by atoms with van der Waals surface area (Å²) < 4.78 is 31.8. The second-order valence-corrected chi connectivity index (χ2v) is 4.10. The summed E-state index contributed by atoms with van der Waals surface area (Å²) in [6, 6.07) is 0.610. The Morgan fingerprint density at radius 3 is 2.58 bits per heavy atom. The zero-order chi connectivity index (χ0) is 14.6. The van der Waals surface area contributed by atoms with E-state index in [0.717, 1.165) is 6.26 Å². The number of halogens is 4. The molecule has 0 aliphatic carbocycles. The minimum absolute atomic E-state index is 0.167. The minimum Gasteiger partial charge on any atom is -0.501 e. The van der Waals surface area contributed by atoms with Crippen molar-refractivity contribution in [3.63, 3.8) is 0 Å². The standard InChI is InChI=1S/C12H8Cl2F2O3/c1-2-19-5-6(4-17)12(18)9-8(15)3-7(13)11(16)10(9)14/h3-5H,2H2,1H3. The van der Waals surface area contributed by atoms with E-state index in [1.807, 2.05) is 0 Å². The number of benzene rings is 1. The van der Waals surface area contributed by atoms with E-state index in [0.29, 0.717) is 6.07 Å². The van der Waals surface area contributed by atoms with Crippen LogP contribution in [0.3, 0.4) is 0 Å². The highest BCUT2D eigenvalue weighted by molar-refractivity contribution is 6.38. The molecule has 7 heteroatoms. The van der Waals surface area contributed by atoms with Crippen molar-refractivity contribution in [3.05, 3.63) is 45.1 Å². The predicted molar refractivity (Wildman–Crippen MR) is 66.5 cm³/mol. The maximum absolute atomic E-state index is 13.6. The van der Waals surface area contributed by atoms with Crippen LogP contribution in [-0.2, 0) is 9.53 Å². The molecule has 0 fully saturated rings. The van der Waals surface area contributed by atoms with E-state index in [-0.39, 0.29) is 12.9 Å². The predicted octanol–water partition coefficient (Wildman–Crippen LogP) is 3.57. The summed E-state index contributed by atoms with van der Waals surface area (Å²) in [6.07, 6.45) is 1.03. The zero-order valence-corrected chi connectivity index (χ0v) is 11.2. The van der Waals surface area contributed by atoms with Crippen molar-refractivity contribution in [1.29, 1.82) is 0 Å². The van der Waals surface area contributed by atoms with Crippen LogP contribution >= 0.6 is 23.2 Å². The van der Waals surface area contributed by atoms with E-state index in [1.165, 1.54) is 0 Å². The highest BCUT2D eigenvalue weighted by Crippen LogP contribution is 2.30. The molecule has 0 aliphatic rings. The first-order chi connectivity index (χ1) is 8.93. The van der Waals surface area contributed by atoms with Gasteiger partial charge in [-0.05, 0) is 13.0 Å². The van der Waals surface area contributed by atoms with Gasteiger partial charge in [0.1, 0.15) is 5.82 Å². The summed E-state index contributed by atoms with van der Waals surface area (Å²) in [5.74, 6) is -3.33. The zero-order valence-electron chi connectivity index (χ0n) is 9.68. The average molecular weight is 309 g/mol. The van der Waals surface area contributed by atoms with Crippen molar-refractivity contribution in [1.82, 2.24) is 0 Å². The number of carbonyl (C=O) groups excluding carboxylic acids is 2. The van der Waals surface area contributed by atoms with Gasteiger partial charge in [0.15, 0.2) is 12.1 Å². The van der Waals surface area contributed by atoms with Crippen molar-refractivity contribution in [2.45, 2.75) is 6.92 Å². The summed E-state index contributed by atoms with van der Waals surface area (Å²) in [4.78, 5) is 22.6. The van der Waals surface area contributed by atoms with Gasteiger partial charge in [0, 0.05) is 0 Å². The number of allylic oxidation sites excluding steroid dienone is 1. The van der Waals surface area contributed by atoms with Crippen LogP contribution in [0.1, 0.15) is 17.3 Å². The Hall–Kier alpha value is -1.46. The molecule has 1 aromatic rings. The van der Waals surface area contributed by atoms with Gasteiger partial charge in [0.25, 0.3) is 0 Å². The molecule has 0 spiro atoms. The highest BCUT2D eigenvalue weighted by Gasteiger charge is 2.24. The van der Waals surface area contributed by atoms with Crippen LogP contribution < -0.4 is 0 Å². The van der Waals surface area contributed by atoms with Crippen LogP contribution in [0.15, 0.2) is 17.9 Å². The second kappa shape index (κ2) is 6.63. The van der Waals surface area contributed by atoms with Crippen molar-refractivity contribution < 1.29 is 23.1 Å². The van der Waals surface area contributed by atoms with Gasteiger partial charge < -0.3 is 4.74 Å². The maximum Gasteiger partial charge on any atom is 0.203 e. The minimum atomic E-state index is -1.13. The molecule has 0 N–H and O–H groups in total. The van der Waals surface area contributed by atoms with Gasteiger partial charge >= 0.3 is 0 Å². The van der Waals surface area contributed by atoms with Crippen LogP contribution in [0.4, 0.5) is 8.78 Å². The fourth-order valence-corrected chi connectivity index (χ4v) is 1.74. The molecular weight excluding hydrogens is 301 g/mol. The topological polar surface area (TPSA) is 43.4 Å². The first-order valence-electron chi connectivity index (χ1n) is 5.08. The van der Waals surface area contributed by atoms with Gasteiger partial charge in [0.05, 0.1) is 34.1 Å². The Morgan fingerprint density at radius 1 is 1.42 bits per heavy atom. The van der Waals surface area contributed by atoms with Crippen LogP contribution in [0.5, 0.6) is 0 Å². The van der Waals surface area contributed by atoms with E-state index < -0.39 is 38.6 Å². The molecule has 102 valence electrons. The SMILES string of the molecule is CCOC=C(C=O)C(=O)c1c(F)cc(Cl)c(F)c1Cl. The Kier molecular flexibility index (Phi) is 5.44. The third-order valence-corrected chi connectivity index (χ3v) is 2.74. The molecule has 0 unspecified atom stereocenters. The number of carbonyl (C=O) groups is 2. The first kappa shape index (κ1) is 15.6. The van der Waals surface area contributed by atoms with E-state index in [1.54, 1.807) is 6.92 Å². The third kappa shape index (κ3) is 3.30. The first-order valence-corrected chi connectivity index (χ1v) is 5.84. The molecule has 0 amide bonds. The van der Waals surface area contributed by atoms with E-state index in [9.17, 15) is 18.4 Å². The van der Waals surface area contributed by atoms with Crippen LogP contribution in [-0.4, -0.2) is 18.7 Å². The smallest absolute Gasteiger partial charge is 0.203 e. The molecule has 1 rings (SSSR count). The fourth-order valence-electron chi connectivity index (χ4n) is 1.23. The molecule has 0 saturated heterocycles. The number of hydrogen-bond acceptors (Lipinski definition) is 3. The number of Topliss-reactive ketones (excluding diaryl/α,β-unsaturated/α-hetero) is 1. The van der Waals surface area contributed by atoms with Crippen molar-refractivity contribution >= 4 is 35.3 Å². The summed E-state index contributed by atoms with van der Waals surface area (Å²) >= 11 is 10.9. The Balaban J connectivity index is 3.34. The van der Waals surface area contributed by atoms with E-state index in [4.69, 9.17) is 27.9 Å². The highest BCUT2D eigenvalue weighted by atomic mass is 35.5. The molecule has 0 saturated carbocycles. The Bertz CT molecular complexity index is 556. The summed E-state index contributed by atoms with van der Waals surface area (Å²) in [5, 5.41) is -1.33. The number of ether oxygens (including phenoxy) is 1. The van der Waals surface area contributed by atoms with Gasteiger partial charge in [-0.25, -0.2) is 8.78 Å². The maximum atomic E-state index is 13.6. The number of rotatable bonds is 5. The summed E-state index contributed by atoms with van der Waals surface area (Å²) in [5.41, 5.74) is -1.24. The summed E-state index contributed by atoms with van der Waals surface area (Å²) in [6.45, 7) is 1.83. The molecule has 1 aromatic carbocycles. The Labute approximate surface area is 117 Å². The van der Waals surface area contributed by atoms with E-state index >= 15 is 0 Å². The fraction of sp³-hybridized carbons (Fsp3) is 0.167. The van der Waals surface area contributed by atoms with Gasteiger partial charge in [-0.1, -0.05) is 23.2 Å². The molecule has 0 radical (unpaired) electrons. The lowest BCUT2D eigenvalue weighted by Gasteiger charge is -2.07. The lowest BCUT2D eigenvalue weighted by molar-refractivity contribution is -0.104. The normalized spacial score (nSPS) is 11.3. The van der Waals surface area contributed by atoms with Crippen molar-refractivity contribution in [3.8, 4) is 0 Å². The molecule has 19 heavy (non-hydrogen) atoms. The lowest BCUT2D eigenvalue weighted by atomic mass is 10.0. The largest absolute Gasteiger partial charge is 0.501 e. The molecule has 0 bridgehead atoms. The molecule has 0 heterocycles. The Morgan fingerprint density at radius 2 is 2.05 bits per heavy atom. The number of hydrogen-bond donors (Lipinski definition) is 0. The van der Waals surface area contributed by atoms with Crippen LogP contribution in [0.2, 0.25) is 10.0 Å². The molecule has 0 atom stereocenters. The average Bonchev–Trinajstić information content (AvgIpc) is 2.37. The van der Waals surface area contributed by atoms with Gasteiger partial charge in [-0.15, -0.1) is 0 Å². The second-order valence-electron chi connectivity index (χ2n) is 3.32. The van der Waals surface area contributed by atoms with Gasteiger partial charge in [-0.3, -0.25) is 9.59 Å². The third-order valence-electron chi connectivity index (χ3n) is 2.11. The van der Waals surface area contributed by atoms with Gasteiger partial charge in [-0.2, -0.15) is 0 Å². The monoisotopic (exact) mass is 308 g/mol. The molecular formula is C12H8Cl2F2O3. The van der Waals surface area contributed by atoms with Crippen molar-refractivity contribution in [2.75, 3.05) is 6.61 Å².